The van der Waals surface area contributed by atoms with E-state index in [9.17, 15) is 4.79 Å². The van der Waals surface area contributed by atoms with Gasteiger partial charge < -0.3 is 5.32 Å². The number of rotatable bonds is 2. The van der Waals surface area contributed by atoms with Crippen molar-refractivity contribution in [3.8, 4) is 0 Å². The van der Waals surface area contributed by atoms with Crippen LogP contribution in [0, 0.1) is 0 Å². The Kier molecular flexibility index (Phi) is 3.70. The second-order valence-corrected chi connectivity index (χ2v) is 5.44. The highest BCUT2D eigenvalue weighted by Gasteiger charge is 2.20. The van der Waals surface area contributed by atoms with Gasteiger partial charge >= 0.3 is 0 Å². The highest BCUT2D eigenvalue weighted by Crippen LogP contribution is 2.21. The summed E-state index contributed by atoms with van der Waals surface area (Å²) in [4.78, 5) is 16.1. The Balaban J connectivity index is 1.67. The Labute approximate surface area is 123 Å². The molecule has 0 aliphatic heterocycles. The van der Waals surface area contributed by atoms with E-state index in [4.69, 9.17) is 11.6 Å². The van der Waals surface area contributed by atoms with Gasteiger partial charge in [-0.1, -0.05) is 35.9 Å². The molecule has 0 saturated carbocycles. The van der Waals surface area contributed by atoms with Crippen LogP contribution in [-0.4, -0.2) is 16.9 Å². The van der Waals surface area contributed by atoms with Crippen LogP contribution in [-0.2, 0) is 12.8 Å². The first kappa shape index (κ1) is 13.1. The van der Waals surface area contributed by atoms with Crippen molar-refractivity contribution in [3.05, 3.63) is 64.4 Å². The number of nitrogens with zero attached hydrogens (tertiary/aromatic N) is 1. The van der Waals surface area contributed by atoms with E-state index in [0.717, 1.165) is 19.3 Å². The number of pyridine rings is 1. The standard InChI is InChI=1S/C16H15ClN2O/c17-15-8-6-13(10-18-15)16(20)19-14-7-5-11-3-1-2-4-12(11)9-14/h1-4,6,8,10,14H,5,7,9H2,(H,19,20). The number of carbonyl (C=O) groups is 1. The first-order valence-electron chi connectivity index (χ1n) is 6.71. The molecule has 2 aromatic rings. The Morgan fingerprint density at radius 1 is 1.20 bits per heavy atom. The number of hydrogen-bond donors (Lipinski definition) is 1. The molecule has 1 N–H and O–H groups in total. The number of nitrogens with one attached hydrogen (secondary N) is 1. The monoisotopic (exact) mass is 286 g/mol. The Morgan fingerprint density at radius 3 is 2.75 bits per heavy atom. The molecule has 0 fully saturated rings. The maximum absolute atomic E-state index is 12.1. The number of aromatic nitrogens is 1. The average Bonchev–Trinajstić information content (AvgIpc) is 2.48. The fourth-order valence-electron chi connectivity index (χ4n) is 2.60. The summed E-state index contributed by atoms with van der Waals surface area (Å²) in [5.41, 5.74) is 3.28. The van der Waals surface area contributed by atoms with Crippen LogP contribution in [0.15, 0.2) is 42.6 Å². The van der Waals surface area contributed by atoms with E-state index in [1.807, 2.05) is 6.07 Å². The summed E-state index contributed by atoms with van der Waals surface area (Å²) in [6.45, 7) is 0. The second kappa shape index (κ2) is 5.63. The summed E-state index contributed by atoms with van der Waals surface area (Å²) < 4.78 is 0. The molecule has 1 aromatic heterocycles. The molecular formula is C16H15ClN2O. The van der Waals surface area contributed by atoms with Gasteiger partial charge in [-0.3, -0.25) is 4.79 Å². The van der Waals surface area contributed by atoms with Gasteiger partial charge in [0.1, 0.15) is 5.15 Å². The van der Waals surface area contributed by atoms with Crippen LogP contribution in [0.1, 0.15) is 27.9 Å². The highest BCUT2D eigenvalue weighted by molar-refractivity contribution is 6.29. The number of halogens is 1. The molecule has 1 atom stereocenters. The summed E-state index contributed by atoms with van der Waals surface area (Å²) in [5.74, 6) is -0.0847. The molecule has 0 saturated heterocycles. The van der Waals surface area contributed by atoms with Gasteiger partial charge in [0.25, 0.3) is 5.91 Å². The number of aryl methyl sites for hydroxylation is 1. The summed E-state index contributed by atoms with van der Waals surface area (Å²) >= 11 is 5.72. The number of hydrogen-bond acceptors (Lipinski definition) is 2. The van der Waals surface area contributed by atoms with Gasteiger partial charge in [0.05, 0.1) is 5.56 Å². The van der Waals surface area contributed by atoms with Crippen LogP contribution >= 0.6 is 11.6 Å². The molecule has 0 radical (unpaired) electrons. The van der Waals surface area contributed by atoms with Crippen LogP contribution < -0.4 is 5.32 Å². The second-order valence-electron chi connectivity index (χ2n) is 5.05. The van der Waals surface area contributed by atoms with Gasteiger partial charge in [-0.25, -0.2) is 4.98 Å². The van der Waals surface area contributed by atoms with Crippen LogP contribution in [0.25, 0.3) is 0 Å². The zero-order chi connectivity index (χ0) is 13.9. The largest absolute Gasteiger partial charge is 0.349 e. The van der Waals surface area contributed by atoms with Gasteiger partial charge in [0, 0.05) is 12.2 Å². The number of benzene rings is 1. The predicted octanol–water partition coefficient (Wildman–Crippen LogP) is 3.02. The summed E-state index contributed by atoms with van der Waals surface area (Å²) in [6.07, 6.45) is 4.39. The lowest BCUT2D eigenvalue weighted by Gasteiger charge is -2.25. The lowest BCUT2D eigenvalue weighted by molar-refractivity contribution is 0.0933. The van der Waals surface area contributed by atoms with Crippen molar-refractivity contribution in [1.82, 2.24) is 10.3 Å². The Hall–Kier alpha value is -1.87. The van der Waals surface area contributed by atoms with Gasteiger partial charge in [-0.05, 0) is 42.5 Å². The minimum Gasteiger partial charge on any atom is -0.349 e. The number of amides is 1. The topological polar surface area (TPSA) is 42.0 Å². The zero-order valence-electron chi connectivity index (χ0n) is 11.0. The number of carbonyl (C=O) groups excluding carboxylic acids is 1. The normalized spacial score (nSPS) is 17.4. The molecule has 102 valence electrons. The number of fused-ring (bicyclic) bond motifs is 1. The Morgan fingerprint density at radius 2 is 2.00 bits per heavy atom. The van der Waals surface area contributed by atoms with Crippen molar-refractivity contribution < 1.29 is 4.79 Å². The van der Waals surface area contributed by atoms with Gasteiger partial charge in [0.15, 0.2) is 0 Å². The van der Waals surface area contributed by atoms with Crippen molar-refractivity contribution in [2.24, 2.45) is 0 Å². The van der Waals surface area contributed by atoms with E-state index in [1.54, 1.807) is 12.1 Å². The molecule has 1 unspecified atom stereocenters. The van der Waals surface area contributed by atoms with Gasteiger partial charge in [-0.15, -0.1) is 0 Å². The quantitative estimate of drug-likeness (QED) is 0.862. The summed E-state index contributed by atoms with van der Waals surface area (Å²) in [5, 5.41) is 3.47. The van der Waals surface area contributed by atoms with Crippen LogP contribution in [0.3, 0.4) is 0 Å². The first-order chi connectivity index (χ1) is 9.72. The predicted molar refractivity (Wildman–Crippen MR) is 79.0 cm³/mol. The fraction of sp³-hybridized carbons (Fsp3) is 0.250. The maximum Gasteiger partial charge on any atom is 0.253 e. The minimum atomic E-state index is -0.0847. The molecule has 1 heterocycles. The van der Waals surface area contributed by atoms with E-state index in [0.29, 0.717) is 10.7 Å². The van der Waals surface area contributed by atoms with Gasteiger partial charge in [-0.2, -0.15) is 0 Å². The molecule has 1 aliphatic rings. The van der Waals surface area contributed by atoms with Crippen molar-refractivity contribution in [3.63, 3.8) is 0 Å². The van der Waals surface area contributed by atoms with Crippen molar-refractivity contribution in [2.75, 3.05) is 0 Å². The Bertz CT molecular complexity index is 625. The molecule has 3 rings (SSSR count). The van der Waals surface area contributed by atoms with E-state index in [-0.39, 0.29) is 11.9 Å². The zero-order valence-corrected chi connectivity index (χ0v) is 11.7. The molecule has 1 aliphatic carbocycles. The fourth-order valence-corrected chi connectivity index (χ4v) is 2.71. The molecule has 0 bridgehead atoms. The van der Waals surface area contributed by atoms with Gasteiger partial charge in [0.2, 0.25) is 0 Å². The maximum atomic E-state index is 12.1. The molecule has 3 nitrogen and oxygen atoms in total. The minimum absolute atomic E-state index is 0.0847. The van der Waals surface area contributed by atoms with Crippen molar-refractivity contribution >= 4 is 17.5 Å². The van der Waals surface area contributed by atoms with E-state index < -0.39 is 0 Å². The van der Waals surface area contributed by atoms with Crippen molar-refractivity contribution in [2.45, 2.75) is 25.3 Å². The lowest BCUT2D eigenvalue weighted by Crippen LogP contribution is -2.38. The average molecular weight is 287 g/mol. The molecule has 20 heavy (non-hydrogen) atoms. The molecule has 4 heteroatoms. The van der Waals surface area contributed by atoms with Crippen LogP contribution in [0.4, 0.5) is 0 Å². The highest BCUT2D eigenvalue weighted by atomic mass is 35.5. The van der Waals surface area contributed by atoms with Crippen LogP contribution in [0.2, 0.25) is 5.15 Å². The molecule has 0 spiro atoms. The van der Waals surface area contributed by atoms with Crippen LogP contribution in [0.5, 0.6) is 0 Å². The third kappa shape index (κ3) is 2.83. The lowest BCUT2D eigenvalue weighted by atomic mass is 9.88. The molecule has 1 amide bonds. The van der Waals surface area contributed by atoms with Crippen molar-refractivity contribution in [1.29, 1.82) is 0 Å². The van der Waals surface area contributed by atoms with E-state index in [1.165, 1.54) is 17.3 Å². The third-order valence-electron chi connectivity index (χ3n) is 3.67. The summed E-state index contributed by atoms with van der Waals surface area (Å²) in [7, 11) is 0. The third-order valence-corrected chi connectivity index (χ3v) is 3.90. The molecular weight excluding hydrogens is 272 g/mol. The first-order valence-corrected chi connectivity index (χ1v) is 7.09. The summed E-state index contributed by atoms with van der Waals surface area (Å²) in [6, 6.07) is 11.9. The molecule has 1 aromatic carbocycles. The smallest absolute Gasteiger partial charge is 0.253 e. The van der Waals surface area contributed by atoms with E-state index >= 15 is 0 Å². The SMILES string of the molecule is O=C(NC1CCc2ccccc2C1)c1ccc(Cl)nc1. The van der Waals surface area contributed by atoms with E-state index in [2.05, 4.69) is 28.5 Å².